The number of allylic oxidation sites excluding steroid dienone is 10. The molecule has 0 aliphatic carbocycles. The maximum Gasteiger partial charge on any atom is 0.0934 e. The number of rotatable bonds is 14. The first-order chi connectivity index (χ1) is 14.4. The second-order valence-electron chi connectivity index (χ2n) is 8.97. The lowest BCUT2D eigenvalue weighted by Gasteiger charge is -2.03. The summed E-state index contributed by atoms with van der Waals surface area (Å²) in [6.07, 6.45) is 25.8. The summed E-state index contributed by atoms with van der Waals surface area (Å²) in [4.78, 5) is 0. The molecule has 0 amide bonds. The van der Waals surface area contributed by atoms with E-state index in [9.17, 15) is 0 Å². The molecule has 0 aromatic carbocycles. The molecule has 0 saturated heterocycles. The van der Waals surface area contributed by atoms with Crippen LogP contribution in [-0.2, 0) is 6.42 Å². The van der Waals surface area contributed by atoms with Gasteiger partial charge in [-0.05, 0) is 111 Å². The molecule has 0 fully saturated rings. The molecule has 0 saturated carbocycles. The van der Waals surface area contributed by atoms with Crippen LogP contribution in [-0.4, -0.2) is 0 Å². The summed E-state index contributed by atoms with van der Waals surface area (Å²) < 4.78 is 5.12. The van der Waals surface area contributed by atoms with Crippen molar-refractivity contribution in [3.8, 4) is 0 Å². The molecular formula is C29H44O. The highest BCUT2D eigenvalue weighted by Gasteiger charge is 1.96. The zero-order valence-corrected chi connectivity index (χ0v) is 20.4. The van der Waals surface area contributed by atoms with E-state index in [1.165, 1.54) is 46.3 Å². The van der Waals surface area contributed by atoms with E-state index < -0.39 is 0 Å². The van der Waals surface area contributed by atoms with E-state index >= 15 is 0 Å². The van der Waals surface area contributed by atoms with Crippen molar-refractivity contribution >= 4 is 0 Å². The van der Waals surface area contributed by atoms with Gasteiger partial charge in [-0.1, -0.05) is 58.2 Å². The topological polar surface area (TPSA) is 13.1 Å². The van der Waals surface area contributed by atoms with Crippen molar-refractivity contribution in [2.45, 2.75) is 99.3 Å². The van der Waals surface area contributed by atoms with Gasteiger partial charge in [0.05, 0.1) is 12.5 Å². The Labute approximate surface area is 186 Å². The first-order valence-electron chi connectivity index (χ1n) is 11.6. The van der Waals surface area contributed by atoms with E-state index in [-0.39, 0.29) is 0 Å². The van der Waals surface area contributed by atoms with Crippen LogP contribution >= 0.6 is 0 Å². The van der Waals surface area contributed by atoms with Crippen molar-refractivity contribution in [2.75, 3.05) is 0 Å². The Kier molecular flexibility index (Phi) is 13.7. The molecule has 1 nitrogen and oxygen atoms in total. The summed E-state index contributed by atoms with van der Waals surface area (Å²) >= 11 is 0. The molecule has 1 heterocycles. The second-order valence-corrected chi connectivity index (χ2v) is 8.97. The van der Waals surface area contributed by atoms with E-state index in [1.807, 2.05) is 6.26 Å². The Hall–Kier alpha value is -2.02. The Balaban J connectivity index is 2.20. The third kappa shape index (κ3) is 14.0. The van der Waals surface area contributed by atoms with Gasteiger partial charge >= 0.3 is 0 Å². The molecule has 1 rings (SSSR count). The van der Waals surface area contributed by atoms with Gasteiger partial charge in [-0.3, -0.25) is 0 Å². The van der Waals surface area contributed by atoms with Crippen LogP contribution in [0.5, 0.6) is 0 Å². The van der Waals surface area contributed by atoms with Crippen LogP contribution in [0.25, 0.3) is 0 Å². The summed E-state index contributed by atoms with van der Waals surface area (Å²) in [7, 11) is 0. The monoisotopic (exact) mass is 408 g/mol. The van der Waals surface area contributed by atoms with Gasteiger partial charge in [-0.15, -0.1) is 0 Å². The Morgan fingerprint density at radius 2 is 1.17 bits per heavy atom. The number of furan rings is 1. The van der Waals surface area contributed by atoms with E-state index in [0.29, 0.717) is 0 Å². The predicted octanol–water partition coefficient (Wildman–Crippen LogP) is 9.69. The number of hydrogen-bond donors (Lipinski definition) is 0. The van der Waals surface area contributed by atoms with Crippen LogP contribution in [0.4, 0.5) is 0 Å². The molecule has 0 atom stereocenters. The number of aryl methyl sites for hydroxylation is 1. The fourth-order valence-electron chi connectivity index (χ4n) is 3.31. The molecule has 0 radical (unpaired) electrons. The van der Waals surface area contributed by atoms with E-state index in [1.54, 1.807) is 6.26 Å². The summed E-state index contributed by atoms with van der Waals surface area (Å²) in [5.74, 6) is 0. The Morgan fingerprint density at radius 1 is 0.667 bits per heavy atom. The fourth-order valence-corrected chi connectivity index (χ4v) is 3.31. The minimum atomic E-state index is 1.07. The highest BCUT2D eigenvalue weighted by atomic mass is 16.3. The Morgan fingerprint density at radius 3 is 1.63 bits per heavy atom. The summed E-state index contributed by atoms with van der Waals surface area (Å²) in [5, 5.41) is 0. The molecule has 166 valence electrons. The van der Waals surface area contributed by atoms with E-state index in [4.69, 9.17) is 4.42 Å². The standard InChI is InChI=1S/C29H44O/c1-24(2)19-20-28(6)16-9-15-26(4)12-7-11-25(3)13-8-14-27(5)17-10-18-29-21-22-30-23-29/h12-13,16-17,19,21-23H,7-11,14-15,18,20H2,1-6H3/b25-13+,26-12+,27-17+,28-16+. The van der Waals surface area contributed by atoms with Gasteiger partial charge in [0.25, 0.3) is 0 Å². The van der Waals surface area contributed by atoms with Crippen LogP contribution in [0.3, 0.4) is 0 Å². The van der Waals surface area contributed by atoms with Crippen molar-refractivity contribution in [2.24, 2.45) is 0 Å². The second kappa shape index (κ2) is 15.8. The average molecular weight is 409 g/mol. The molecule has 0 spiro atoms. The lowest BCUT2D eigenvalue weighted by Crippen LogP contribution is -1.83. The van der Waals surface area contributed by atoms with Gasteiger partial charge in [-0.25, -0.2) is 0 Å². The van der Waals surface area contributed by atoms with E-state index in [2.05, 4.69) is 78.0 Å². The maximum absolute atomic E-state index is 5.12. The lowest BCUT2D eigenvalue weighted by molar-refractivity contribution is 0.564. The molecule has 1 heteroatoms. The van der Waals surface area contributed by atoms with Crippen molar-refractivity contribution in [1.82, 2.24) is 0 Å². The summed E-state index contributed by atoms with van der Waals surface area (Å²) in [6, 6.07) is 2.05. The van der Waals surface area contributed by atoms with E-state index in [0.717, 1.165) is 44.9 Å². The first-order valence-corrected chi connectivity index (χ1v) is 11.6. The lowest BCUT2D eigenvalue weighted by atomic mass is 10.0. The zero-order valence-electron chi connectivity index (χ0n) is 20.4. The smallest absolute Gasteiger partial charge is 0.0934 e. The molecule has 0 aliphatic rings. The molecule has 30 heavy (non-hydrogen) atoms. The third-order valence-electron chi connectivity index (χ3n) is 5.43. The molecule has 0 unspecified atom stereocenters. The van der Waals surface area contributed by atoms with Gasteiger partial charge < -0.3 is 4.42 Å². The molecular weight excluding hydrogens is 364 g/mol. The van der Waals surface area contributed by atoms with Crippen LogP contribution < -0.4 is 0 Å². The van der Waals surface area contributed by atoms with Gasteiger partial charge in [-0.2, -0.15) is 0 Å². The van der Waals surface area contributed by atoms with Gasteiger partial charge in [0.15, 0.2) is 0 Å². The van der Waals surface area contributed by atoms with Crippen molar-refractivity contribution < 1.29 is 4.42 Å². The third-order valence-corrected chi connectivity index (χ3v) is 5.43. The molecule has 0 bridgehead atoms. The minimum Gasteiger partial charge on any atom is -0.472 e. The van der Waals surface area contributed by atoms with Crippen LogP contribution in [0.1, 0.15) is 98.5 Å². The predicted molar refractivity (Wildman–Crippen MR) is 134 cm³/mol. The van der Waals surface area contributed by atoms with Crippen molar-refractivity contribution in [1.29, 1.82) is 0 Å². The molecule has 1 aromatic heterocycles. The highest BCUT2D eigenvalue weighted by Crippen LogP contribution is 2.15. The Bertz CT molecular complexity index is 731. The van der Waals surface area contributed by atoms with Gasteiger partial charge in [0.1, 0.15) is 0 Å². The average Bonchev–Trinajstić information content (AvgIpc) is 3.20. The fraction of sp³-hybridized carbons (Fsp3) is 0.517. The molecule has 1 aromatic rings. The largest absolute Gasteiger partial charge is 0.472 e. The van der Waals surface area contributed by atoms with Crippen LogP contribution in [0.15, 0.2) is 81.3 Å². The summed E-state index contributed by atoms with van der Waals surface area (Å²) in [6.45, 7) is 13.4. The van der Waals surface area contributed by atoms with Crippen molar-refractivity contribution in [3.05, 3.63) is 82.4 Å². The van der Waals surface area contributed by atoms with Gasteiger partial charge in [0, 0.05) is 0 Å². The first kappa shape index (κ1) is 26.0. The number of hydrogen-bond acceptors (Lipinski definition) is 1. The van der Waals surface area contributed by atoms with Crippen LogP contribution in [0, 0.1) is 0 Å². The maximum atomic E-state index is 5.12. The zero-order chi connectivity index (χ0) is 22.2. The highest BCUT2D eigenvalue weighted by molar-refractivity contribution is 5.11. The van der Waals surface area contributed by atoms with Crippen molar-refractivity contribution in [3.63, 3.8) is 0 Å². The SMILES string of the molecule is CC(C)=CC/C(C)=C/CC/C(C)=C/CC/C(C)=C/CC/C(C)=C/CCc1ccoc1. The van der Waals surface area contributed by atoms with Gasteiger partial charge in [0.2, 0.25) is 0 Å². The minimum absolute atomic E-state index is 1.07. The van der Waals surface area contributed by atoms with Crippen LogP contribution in [0.2, 0.25) is 0 Å². The molecule has 0 N–H and O–H groups in total. The summed E-state index contributed by atoms with van der Waals surface area (Å²) in [5.41, 5.74) is 8.69. The molecule has 0 aliphatic heterocycles. The quantitative estimate of drug-likeness (QED) is 0.279. The normalized spacial score (nSPS) is 13.7.